The van der Waals surface area contributed by atoms with Crippen molar-refractivity contribution in [3.63, 3.8) is 0 Å². The fourth-order valence-electron chi connectivity index (χ4n) is 6.14. The lowest BCUT2D eigenvalue weighted by Gasteiger charge is -2.51. The van der Waals surface area contributed by atoms with Crippen molar-refractivity contribution in [3.8, 4) is 5.75 Å². The molecule has 2 heterocycles. The Morgan fingerprint density at radius 1 is 1.03 bits per heavy atom. The summed E-state index contributed by atoms with van der Waals surface area (Å²) in [6.45, 7) is 2.96. The van der Waals surface area contributed by atoms with E-state index in [0.717, 1.165) is 49.8 Å². The molecule has 0 spiro atoms. The van der Waals surface area contributed by atoms with Crippen LogP contribution in [-0.2, 0) is 24.8 Å². The number of fused-ring (bicyclic) bond motifs is 4. The van der Waals surface area contributed by atoms with E-state index in [2.05, 4.69) is 46.3 Å². The summed E-state index contributed by atoms with van der Waals surface area (Å²) < 4.78 is 14.1. The van der Waals surface area contributed by atoms with E-state index in [-0.39, 0.29) is 11.2 Å². The highest BCUT2D eigenvalue weighted by molar-refractivity contribution is 5.85. The van der Waals surface area contributed by atoms with Crippen LogP contribution in [0.1, 0.15) is 28.8 Å². The average molecular weight is 427 g/mol. The van der Waals surface area contributed by atoms with Gasteiger partial charge in [0, 0.05) is 35.1 Å². The smallest absolute Gasteiger partial charge is 0.123 e. The summed E-state index contributed by atoms with van der Waals surface area (Å²) in [6.07, 6.45) is 2.85. The van der Waals surface area contributed by atoms with E-state index in [4.69, 9.17) is 0 Å². The fourth-order valence-corrected chi connectivity index (χ4v) is 6.14. The summed E-state index contributed by atoms with van der Waals surface area (Å²) in [6, 6.07) is 23.5. The van der Waals surface area contributed by atoms with Gasteiger partial charge in [-0.1, -0.05) is 42.5 Å². The predicted octanol–water partition coefficient (Wildman–Crippen LogP) is 5.57. The summed E-state index contributed by atoms with van der Waals surface area (Å²) in [5.41, 5.74) is 6.03. The maximum Gasteiger partial charge on any atom is 0.123 e. The Morgan fingerprint density at radius 3 is 2.75 bits per heavy atom. The van der Waals surface area contributed by atoms with Crippen molar-refractivity contribution in [2.45, 2.75) is 31.2 Å². The molecule has 1 saturated heterocycles. The molecule has 0 saturated carbocycles. The molecule has 2 N–H and O–H groups in total. The minimum Gasteiger partial charge on any atom is -0.508 e. The van der Waals surface area contributed by atoms with Crippen LogP contribution in [0.25, 0.3) is 10.9 Å². The second-order valence-corrected chi connectivity index (χ2v) is 9.53. The van der Waals surface area contributed by atoms with Gasteiger partial charge in [0.25, 0.3) is 0 Å². The molecule has 1 aromatic heterocycles. The second-order valence-electron chi connectivity index (χ2n) is 9.53. The van der Waals surface area contributed by atoms with Crippen molar-refractivity contribution in [2.75, 3.05) is 13.1 Å². The van der Waals surface area contributed by atoms with Gasteiger partial charge in [0.15, 0.2) is 0 Å². The van der Waals surface area contributed by atoms with E-state index in [1.807, 2.05) is 18.2 Å². The Bertz CT molecular complexity index is 1280. The number of hydrogen-bond acceptors (Lipinski definition) is 2. The topological polar surface area (TPSA) is 39.3 Å². The quantitative estimate of drug-likeness (QED) is 0.449. The number of likely N-dealkylation sites (tertiary alicyclic amines) is 1. The summed E-state index contributed by atoms with van der Waals surface area (Å²) in [4.78, 5) is 6.15. The van der Waals surface area contributed by atoms with Gasteiger partial charge < -0.3 is 10.1 Å². The van der Waals surface area contributed by atoms with Gasteiger partial charge in [0.05, 0.1) is 0 Å². The maximum atomic E-state index is 14.1. The third-order valence-corrected chi connectivity index (χ3v) is 7.70. The Balaban J connectivity index is 1.41. The number of phenols is 1. The number of aromatic hydroxyl groups is 1. The Morgan fingerprint density at radius 2 is 1.91 bits per heavy atom. The number of hydrogen-bond donors (Lipinski definition) is 2. The molecule has 3 nitrogen and oxygen atoms in total. The van der Waals surface area contributed by atoms with Gasteiger partial charge in [-0.05, 0) is 78.7 Å². The van der Waals surface area contributed by atoms with E-state index < -0.39 is 0 Å². The number of H-pyrrole nitrogens is 1. The van der Waals surface area contributed by atoms with Crippen LogP contribution >= 0.6 is 0 Å². The van der Waals surface area contributed by atoms with Crippen molar-refractivity contribution in [1.82, 2.24) is 9.88 Å². The Kier molecular flexibility index (Phi) is 4.58. The molecular weight excluding hydrogens is 399 g/mol. The second kappa shape index (κ2) is 7.49. The number of rotatable bonds is 3. The molecule has 0 bridgehead atoms. The van der Waals surface area contributed by atoms with Gasteiger partial charge >= 0.3 is 0 Å². The largest absolute Gasteiger partial charge is 0.508 e. The number of piperidine rings is 1. The number of halogens is 1. The summed E-state index contributed by atoms with van der Waals surface area (Å²) in [7, 11) is 0. The van der Waals surface area contributed by atoms with Gasteiger partial charge in [-0.3, -0.25) is 4.90 Å². The van der Waals surface area contributed by atoms with E-state index >= 15 is 0 Å². The van der Waals surface area contributed by atoms with Gasteiger partial charge in [0.1, 0.15) is 11.6 Å². The van der Waals surface area contributed by atoms with Crippen LogP contribution in [0, 0.1) is 11.7 Å². The number of nitrogens with one attached hydrogen (secondary N) is 1. The normalized spacial score (nSPS) is 23.1. The molecule has 1 unspecified atom stereocenters. The van der Waals surface area contributed by atoms with Crippen molar-refractivity contribution >= 4 is 10.9 Å². The Hall–Kier alpha value is -3.11. The molecule has 0 radical (unpaired) electrons. The molecule has 1 aliphatic heterocycles. The van der Waals surface area contributed by atoms with Crippen LogP contribution in [0.3, 0.4) is 0 Å². The SMILES string of the molecule is Oc1cccc([C@@]23CCN(Cc4ccccc4)CC2Cc2c([nH]c4ccc(F)cc24)C3)c1. The molecule has 162 valence electrons. The van der Waals surface area contributed by atoms with Gasteiger partial charge in [0.2, 0.25) is 0 Å². The third-order valence-electron chi connectivity index (χ3n) is 7.70. The summed E-state index contributed by atoms with van der Waals surface area (Å²) >= 11 is 0. The maximum absolute atomic E-state index is 14.1. The zero-order chi connectivity index (χ0) is 21.7. The van der Waals surface area contributed by atoms with Crippen molar-refractivity contribution in [3.05, 3.63) is 101 Å². The first-order chi connectivity index (χ1) is 15.6. The lowest BCUT2D eigenvalue weighted by molar-refractivity contribution is 0.0765. The number of aromatic nitrogens is 1. The number of aromatic amines is 1. The first-order valence-corrected chi connectivity index (χ1v) is 11.5. The Labute approximate surface area is 187 Å². The third kappa shape index (κ3) is 3.21. The van der Waals surface area contributed by atoms with Gasteiger partial charge in [-0.15, -0.1) is 0 Å². The molecule has 1 fully saturated rings. The van der Waals surface area contributed by atoms with Crippen LogP contribution < -0.4 is 0 Å². The minimum absolute atomic E-state index is 0.0294. The molecular formula is C28H27FN2O. The molecule has 2 aliphatic rings. The first kappa shape index (κ1) is 19.6. The van der Waals surface area contributed by atoms with Crippen molar-refractivity contribution in [1.29, 1.82) is 0 Å². The lowest BCUT2D eigenvalue weighted by Crippen LogP contribution is -2.53. The predicted molar refractivity (Wildman–Crippen MR) is 125 cm³/mol. The number of nitrogens with zero attached hydrogens (tertiary/aromatic N) is 1. The highest BCUT2D eigenvalue weighted by Crippen LogP contribution is 2.49. The first-order valence-electron chi connectivity index (χ1n) is 11.5. The monoisotopic (exact) mass is 426 g/mol. The molecule has 1 aliphatic carbocycles. The zero-order valence-corrected chi connectivity index (χ0v) is 18.0. The van der Waals surface area contributed by atoms with Crippen LogP contribution in [0.2, 0.25) is 0 Å². The average Bonchev–Trinajstić information content (AvgIpc) is 3.14. The van der Waals surface area contributed by atoms with Crippen molar-refractivity contribution in [2.24, 2.45) is 5.92 Å². The zero-order valence-electron chi connectivity index (χ0n) is 18.0. The van der Waals surface area contributed by atoms with Crippen molar-refractivity contribution < 1.29 is 9.50 Å². The molecule has 3 aromatic carbocycles. The van der Waals surface area contributed by atoms with Gasteiger partial charge in [-0.2, -0.15) is 0 Å². The molecule has 4 heteroatoms. The van der Waals surface area contributed by atoms with E-state index in [9.17, 15) is 9.50 Å². The molecule has 0 amide bonds. The van der Waals surface area contributed by atoms with Crippen LogP contribution in [0.4, 0.5) is 4.39 Å². The van der Waals surface area contributed by atoms with E-state index in [1.165, 1.54) is 28.5 Å². The highest BCUT2D eigenvalue weighted by Gasteiger charge is 2.48. The van der Waals surface area contributed by atoms with Crippen LogP contribution in [0.15, 0.2) is 72.8 Å². The molecule has 32 heavy (non-hydrogen) atoms. The standard InChI is InChI=1S/C28H27FN2O/c29-22-9-10-26-25(15-22)24-14-21-18-31(17-19-5-2-1-3-6-19)12-11-28(21,16-27(24)30-26)20-7-4-8-23(32)13-20/h1-10,13,15,21,30,32H,11-12,14,16-18H2/t21?,28-/m0/s1. The molecule has 4 aromatic rings. The summed E-state index contributed by atoms with van der Waals surface area (Å²) in [5, 5.41) is 11.3. The number of phenolic OH excluding ortho intramolecular Hbond substituents is 1. The van der Waals surface area contributed by atoms with Gasteiger partial charge in [-0.25, -0.2) is 4.39 Å². The highest BCUT2D eigenvalue weighted by atomic mass is 19.1. The molecule has 2 atom stereocenters. The minimum atomic E-state index is -0.182. The fraction of sp³-hybridized carbons (Fsp3) is 0.286. The summed E-state index contributed by atoms with van der Waals surface area (Å²) in [5.74, 6) is 0.543. The molecule has 6 rings (SSSR count). The number of benzene rings is 3. The lowest BCUT2D eigenvalue weighted by atomic mass is 9.58. The van der Waals surface area contributed by atoms with E-state index in [1.54, 1.807) is 12.1 Å². The van der Waals surface area contributed by atoms with E-state index in [0.29, 0.717) is 11.7 Å². The van der Waals surface area contributed by atoms with Crippen LogP contribution in [0.5, 0.6) is 5.75 Å². The van der Waals surface area contributed by atoms with Crippen LogP contribution in [-0.4, -0.2) is 28.1 Å².